The normalized spacial score (nSPS) is 34.7. The number of ether oxygens (including phenoxy) is 3. The molecule has 4 aliphatic rings. The predicted molar refractivity (Wildman–Crippen MR) is 206 cm³/mol. The van der Waals surface area contributed by atoms with E-state index in [1.165, 1.54) is 0 Å². The van der Waals surface area contributed by atoms with Crippen molar-refractivity contribution in [3.8, 4) is 0 Å². The van der Waals surface area contributed by atoms with E-state index in [1.807, 2.05) is 20.8 Å². The second kappa shape index (κ2) is 14.5. The third kappa shape index (κ3) is 6.19. The van der Waals surface area contributed by atoms with Crippen LogP contribution in [-0.4, -0.2) is 87.1 Å². The summed E-state index contributed by atoms with van der Waals surface area (Å²) in [5.74, 6) is -3.58. The van der Waals surface area contributed by atoms with E-state index in [1.54, 1.807) is 112 Å². The molecule has 11 nitrogen and oxygen atoms in total. The maximum Gasteiger partial charge on any atom is 0.338 e. The van der Waals surface area contributed by atoms with Crippen LogP contribution in [0.2, 0.25) is 0 Å². The van der Waals surface area contributed by atoms with Gasteiger partial charge in [0.25, 0.3) is 5.91 Å². The van der Waals surface area contributed by atoms with Crippen molar-refractivity contribution in [3.05, 3.63) is 119 Å². The molecular weight excluding hydrogens is 714 g/mol. The number of esters is 2. The number of fused-ring (bicyclic) bond motifs is 4. The van der Waals surface area contributed by atoms with Gasteiger partial charge in [-0.05, 0) is 61.7 Å². The number of hydrogen-bond donors (Lipinski definition) is 5. The molecule has 1 saturated heterocycles. The van der Waals surface area contributed by atoms with Gasteiger partial charge < -0.3 is 40.0 Å². The summed E-state index contributed by atoms with van der Waals surface area (Å²) in [6.45, 7) is 11.0. The number of carbonyl (C=O) groups excluding carboxylic acids is 3. The Morgan fingerprint density at radius 1 is 0.893 bits per heavy atom. The fourth-order valence-corrected chi connectivity index (χ4v) is 10.8. The van der Waals surface area contributed by atoms with Crippen molar-refractivity contribution in [2.24, 2.45) is 28.1 Å². The Hall–Kier alpha value is -4.39. The van der Waals surface area contributed by atoms with Crippen LogP contribution in [0.5, 0.6) is 0 Å². The highest BCUT2D eigenvalue weighted by atomic mass is 16.6. The van der Waals surface area contributed by atoms with Crippen LogP contribution in [0.15, 0.2) is 102 Å². The smallest absolute Gasteiger partial charge is 0.338 e. The molecule has 2 saturated carbocycles. The minimum absolute atomic E-state index is 0.0589. The Morgan fingerprint density at radius 3 is 2.02 bits per heavy atom. The fourth-order valence-electron chi connectivity index (χ4n) is 10.8. The minimum Gasteiger partial charge on any atom is -0.457 e. The van der Waals surface area contributed by atoms with E-state index >= 15 is 0 Å². The monoisotopic (exact) mass is 767 g/mol. The highest BCUT2D eigenvalue weighted by Crippen LogP contribution is 2.70. The first kappa shape index (κ1) is 39.8. The summed E-state index contributed by atoms with van der Waals surface area (Å²) in [5.41, 5.74) is -2.79. The molecule has 3 fully saturated rings. The van der Waals surface area contributed by atoms with Crippen LogP contribution in [-0.2, 0) is 19.0 Å². The summed E-state index contributed by atoms with van der Waals surface area (Å²) in [6, 6.07) is 24.4. The maximum atomic E-state index is 14.2. The molecular formula is C45H53NO10. The number of aliphatic hydroxyl groups is 4. The van der Waals surface area contributed by atoms with Crippen LogP contribution in [0.4, 0.5) is 0 Å². The molecule has 7 rings (SSSR count). The van der Waals surface area contributed by atoms with Gasteiger partial charge in [-0.3, -0.25) is 4.79 Å². The largest absolute Gasteiger partial charge is 0.457 e. The lowest BCUT2D eigenvalue weighted by Gasteiger charge is -2.66. The topological polar surface area (TPSA) is 172 Å². The van der Waals surface area contributed by atoms with Gasteiger partial charge in [0.1, 0.15) is 12.2 Å². The zero-order valence-electron chi connectivity index (χ0n) is 32.7. The summed E-state index contributed by atoms with van der Waals surface area (Å²) >= 11 is 0. The third-order valence-corrected chi connectivity index (χ3v) is 13.7. The van der Waals surface area contributed by atoms with Crippen LogP contribution >= 0.6 is 0 Å². The number of amides is 1. The Kier molecular flexibility index (Phi) is 10.3. The summed E-state index contributed by atoms with van der Waals surface area (Å²) in [6.07, 6.45) is -6.41. The number of benzene rings is 3. The van der Waals surface area contributed by atoms with E-state index in [-0.39, 0.29) is 25.0 Å². The molecule has 5 N–H and O–H groups in total. The van der Waals surface area contributed by atoms with Gasteiger partial charge in [-0.15, -0.1) is 0 Å². The first-order valence-electron chi connectivity index (χ1n) is 19.4. The van der Waals surface area contributed by atoms with Crippen molar-refractivity contribution in [3.63, 3.8) is 0 Å². The van der Waals surface area contributed by atoms with E-state index < -0.39 is 94.2 Å². The molecule has 12 atom stereocenters. The molecule has 11 heteroatoms. The highest BCUT2D eigenvalue weighted by molar-refractivity contribution is 5.95. The van der Waals surface area contributed by atoms with E-state index in [9.17, 15) is 34.8 Å². The number of aliphatic hydroxyl groups excluding tert-OH is 3. The van der Waals surface area contributed by atoms with Crippen molar-refractivity contribution in [1.82, 2.24) is 5.32 Å². The Balaban J connectivity index is 1.31. The minimum atomic E-state index is -1.84. The molecule has 3 aromatic carbocycles. The van der Waals surface area contributed by atoms with E-state index in [0.717, 1.165) is 0 Å². The first-order valence-corrected chi connectivity index (χ1v) is 19.4. The van der Waals surface area contributed by atoms with Crippen molar-refractivity contribution in [2.75, 3.05) is 6.61 Å². The van der Waals surface area contributed by atoms with Crippen molar-refractivity contribution >= 4 is 17.8 Å². The molecule has 0 spiro atoms. The lowest BCUT2D eigenvalue weighted by Crippen LogP contribution is -2.73. The van der Waals surface area contributed by atoms with Gasteiger partial charge in [0.05, 0.1) is 47.5 Å². The summed E-state index contributed by atoms with van der Waals surface area (Å²) in [5, 5.41) is 51.5. The molecule has 1 amide bonds. The van der Waals surface area contributed by atoms with Crippen LogP contribution in [0.25, 0.3) is 0 Å². The van der Waals surface area contributed by atoms with Gasteiger partial charge in [-0.2, -0.15) is 0 Å². The molecule has 56 heavy (non-hydrogen) atoms. The number of rotatable bonds is 9. The molecule has 0 aromatic heterocycles. The Morgan fingerprint density at radius 2 is 1.46 bits per heavy atom. The summed E-state index contributed by atoms with van der Waals surface area (Å²) in [4.78, 5) is 41.7. The second-order valence-electron chi connectivity index (χ2n) is 17.3. The maximum absolute atomic E-state index is 14.2. The standard InChI is InChI=1S/C45H53NO10/c1-25-30(55-41(52)35(48)34(27-16-10-7-11-17-27)46-39(50)28-18-12-8-13-19-28)23-45(42(3,4)53)33(25)26(2)37(49)44(6)31(47)22-32-43(5,24-54-32)36(44)38(45)56-40(51)29-20-14-9-15-21-29/h7-21,26,30-32,34-38,47-49,53H,22-24H2,1-6H3,(H,46,50)/t26-,30-,31-,32+,34-,35+,36+,37-,38-,43+,44+,45-/m0/s1. The molecule has 3 aromatic rings. The van der Waals surface area contributed by atoms with Crippen LogP contribution < -0.4 is 5.32 Å². The predicted octanol–water partition coefficient (Wildman–Crippen LogP) is 4.94. The van der Waals surface area contributed by atoms with Gasteiger partial charge in [-0.1, -0.05) is 87.5 Å². The molecule has 0 bridgehead atoms. The van der Waals surface area contributed by atoms with E-state index in [4.69, 9.17) is 14.2 Å². The molecule has 0 unspecified atom stereocenters. The molecule has 298 valence electrons. The first-order chi connectivity index (χ1) is 26.5. The molecule has 1 aliphatic heterocycles. The summed E-state index contributed by atoms with van der Waals surface area (Å²) in [7, 11) is 0. The fraction of sp³-hybridized carbons (Fsp3) is 0.489. The Bertz CT molecular complexity index is 1980. The van der Waals surface area contributed by atoms with E-state index in [2.05, 4.69) is 5.32 Å². The lowest BCUT2D eigenvalue weighted by atomic mass is 9.46. The zero-order valence-corrected chi connectivity index (χ0v) is 32.7. The van der Waals surface area contributed by atoms with Crippen LogP contribution in [0.3, 0.4) is 0 Å². The second-order valence-corrected chi connectivity index (χ2v) is 17.3. The Labute approximate surface area is 327 Å². The van der Waals surface area contributed by atoms with Gasteiger partial charge in [0.15, 0.2) is 6.10 Å². The zero-order chi connectivity index (χ0) is 40.4. The van der Waals surface area contributed by atoms with Crippen molar-refractivity contribution < 1.29 is 49.0 Å². The van der Waals surface area contributed by atoms with Gasteiger partial charge in [-0.25, -0.2) is 9.59 Å². The molecule has 1 heterocycles. The van der Waals surface area contributed by atoms with Gasteiger partial charge >= 0.3 is 11.9 Å². The third-order valence-electron chi connectivity index (χ3n) is 13.7. The average molecular weight is 768 g/mol. The average Bonchev–Trinajstić information content (AvgIpc) is 3.46. The van der Waals surface area contributed by atoms with Crippen molar-refractivity contribution in [2.45, 2.75) is 103 Å². The molecule has 3 aliphatic carbocycles. The highest BCUT2D eigenvalue weighted by Gasteiger charge is 2.76. The summed E-state index contributed by atoms with van der Waals surface area (Å²) < 4.78 is 18.9. The SMILES string of the molecule is CC1=C2[C@H](C)[C@H](O)[C@@]3(C)[C@H]([C@H](OC(=O)c4ccccc4)[C@]2(C(C)(C)O)C[C@@H]1OC(=O)[C@H](O)[C@@H](NC(=O)c1ccccc1)c1ccccc1)[C@]1(C)CO[C@@H]1C[C@@H]3O. The quantitative estimate of drug-likeness (QED) is 0.149. The van der Waals surface area contributed by atoms with E-state index in [0.29, 0.717) is 22.3 Å². The van der Waals surface area contributed by atoms with Crippen LogP contribution in [0.1, 0.15) is 86.7 Å². The number of carbonyl (C=O) groups is 3. The lowest BCUT2D eigenvalue weighted by molar-refractivity contribution is -0.317. The van der Waals surface area contributed by atoms with Gasteiger partial charge in [0.2, 0.25) is 0 Å². The number of nitrogens with one attached hydrogen (secondary N) is 1. The van der Waals surface area contributed by atoms with Gasteiger partial charge in [0, 0.05) is 41.1 Å². The van der Waals surface area contributed by atoms with Crippen molar-refractivity contribution in [1.29, 1.82) is 0 Å². The molecule has 0 radical (unpaired) electrons. The number of hydrogen-bond acceptors (Lipinski definition) is 10. The van der Waals surface area contributed by atoms with Crippen LogP contribution in [0, 0.1) is 28.1 Å².